The molecule has 2 heterocycles. The Balaban J connectivity index is 1.29. The minimum atomic E-state index is 0.570. The maximum atomic E-state index is 5.79. The average Bonchev–Trinajstić information content (AvgIpc) is 3.19. The van der Waals surface area contributed by atoms with Gasteiger partial charge in [0.25, 0.3) is 0 Å². The molecule has 26 heavy (non-hydrogen) atoms. The van der Waals surface area contributed by atoms with Gasteiger partial charge in [0.05, 0.1) is 18.6 Å². The van der Waals surface area contributed by atoms with Crippen LogP contribution in [0.4, 0.5) is 0 Å². The number of hydrogen-bond acceptors (Lipinski definition) is 6. The summed E-state index contributed by atoms with van der Waals surface area (Å²) in [6.45, 7) is 0.689. The van der Waals surface area contributed by atoms with Crippen molar-refractivity contribution in [1.29, 1.82) is 0 Å². The van der Waals surface area contributed by atoms with Crippen LogP contribution in [-0.2, 0) is 0 Å². The summed E-state index contributed by atoms with van der Waals surface area (Å²) in [7, 11) is 1.66. The average molecular weight is 388 g/mol. The molecule has 136 valence electrons. The van der Waals surface area contributed by atoms with Crippen molar-refractivity contribution in [3.8, 4) is 22.2 Å². The van der Waals surface area contributed by atoms with E-state index in [1.807, 2.05) is 24.3 Å². The number of rotatable bonds is 9. The fourth-order valence-corrected chi connectivity index (χ4v) is 4.32. The molecule has 0 radical (unpaired) electrons. The summed E-state index contributed by atoms with van der Waals surface area (Å²) in [5, 5.41) is 12.0. The van der Waals surface area contributed by atoms with Crippen molar-refractivity contribution in [2.75, 3.05) is 19.5 Å². The normalized spacial score (nSPS) is 13.7. The van der Waals surface area contributed by atoms with E-state index in [-0.39, 0.29) is 0 Å². The van der Waals surface area contributed by atoms with Crippen molar-refractivity contribution in [3.05, 3.63) is 41.8 Å². The molecule has 1 aromatic carbocycles. The van der Waals surface area contributed by atoms with Gasteiger partial charge in [-0.3, -0.25) is 4.57 Å². The number of benzene rings is 1. The van der Waals surface area contributed by atoms with Gasteiger partial charge in [0.2, 0.25) is 0 Å². The Morgan fingerprint density at radius 3 is 2.65 bits per heavy atom. The van der Waals surface area contributed by atoms with E-state index < -0.39 is 0 Å². The van der Waals surface area contributed by atoms with Gasteiger partial charge in [-0.1, -0.05) is 17.8 Å². The van der Waals surface area contributed by atoms with E-state index in [9.17, 15) is 0 Å². The van der Waals surface area contributed by atoms with Crippen molar-refractivity contribution in [3.63, 3.8) is 0 Å². The van der Waals surface area contributed by atoms with Gasteiger partial charge < -0.3 is 9.47 Å². The molecule has 0 bridgehead atoms. The van der Waals surface area contributed by atoms with Crippen molar-refractivity contribution >= 4 is 23.1 Å². The molecule has 0 spiro atoms. The molecule has 0 atom stereocenters. The van der Waals surface area contributed by atoms with Crippen LogP contribution in [-0.4, -0.2) is 34.2 Å². The third-order valence-electron chi connectivity index (χ3n) is 4.17. The number of methoxy groups -OCH3 is 1. The topological polar surface area (TPSA) is 49.2 Å². The van der Waals surface area contributed by atoms with Gasteiger partial charge in [0, 0.05) is 11.8 Å². The first-order valence-electron chi connectivity index (χ1n) is 8.73. The second-order valence-corrected chi connectivity index (χ2v) is 8.12. The van der Waals surface area contributed by atoms with Crippen LogP contribution in [0.25, 0.3) is 10.7 Å². The maximum Gasteiger partial charge on any atom is 0.191 e. The highest BCUT2D eigenvalue weighted by Gasteiger charge is 2.30. The zero-order chi connectivity index (χ0) is 17.8. The van der Waals surface area contributed by atoms with E-state index >= 15 is 0 Å². The quantitative estimate of drug-likeness (QED) is 0.386. The highest BCUT2D eigenvalue weighted by molar-refractivity contribution is 7.99. The highest BCUT2D eigenvalue weighted by Crippen LogP contribution is 2.41. The number of hydrogen-bond donors (Lipinski definition) is 0. The fourth-order valence-electron chi connectivity index (χ4n) is 2.70. The Morgan fingerprint density at radius 1 is 1.15 bits per heavy atom. The van der Waals surface area contributed by atoms with Gasteiger partial charge >= 0.3 is 0 Å². The van der Waals surface area contributed by atoms with Crippen LogP contribution in [0.1, 0.15) is 25.3 Å². The molecule has 1 saturated carbocycles. The predicted octanol–water partition coefficient (Wildman–Crippen LogP) is 4.91. The maximum absolute atomic E-state index is 5.79. The molecule has 0 aliphatic heterocycles. The molecule has 4 rings (SSSR count). The molecule has 3 aromatic rings. The van der Waals surface area contributed by atoms with Crippen molar-refractivity contribution < 1.29 is 9.47 Å². The molecule has 0 amide bonds. The minimum absolute atomic E-state index is 0.570. The fraction of sp³-hybridized carbons (Fsp3) is 0.368. The van der Waals surface area contributed by atoms with E-state index in [0.29, 0.717) is 12.6 Å². The summed E-state index contributed by atoms with van der Waals surface area (Å²) < 4.78 is 13.3. The first-order chi connectivity index (χ1) is 12.8. The first kappa shape index (κ1) is 17.4. The lowest BCUT2D eigenvalue weighted by molar-refractivity contribution is 0.318. The smallest absolute Gasteiger partial charge is 0.191 e. The minimum Gasteiger partial charge on any atom is -0.497 e. The molecular weight excluding hydrogens is 366 g/mol. The molecular formula is C19H21N3O2S2. The lowest BCUT2D eigenvalue weighted by atomic mass is 10.3. The van der Waals surface area contributed by atoms with E-state index in [1.165, 1.54) is 17.7 Å². The third kappa shape index (κ3) is 4.04. The Labute approximate surface area is 161 Å². The van der Waals surface area contributed by atoms with E-state index in [1.54, 1.807) is 30.2 Å². The molecule has 1 aliphatic rings. The summed E-state index contributed by atoms with van der Waals surface area (Å²) in [6.07, 6.45) is 3.41. The van der Waals surface area contributed by atoms with E-state index in [2.05, 4.69) is 32.3 Å². The van der Waals surface area contributed by atoms with Gasteiger partial charge in [0.1, 0.15) is 11.5 Å². The molecule has 1 aliphatic carbocycles. The van der Waals surface area contributed by atoms with Gasteiger partial charge in [-0.15, -0.1) is 21.5 Å². The molecule has 1 fully saturated rings. The molecule has 0 saturated heterocycles. The Hall–Kier alpha value is -1.99. The predicted molar refractivity (Wildman–Crippen MR) is 105 cm³/mol. The summed E-state index contributed by atoms with van der Waals surface area (Å²) in [4.78, 5) is 1.19. The van der Waals surface area contributed by atoms with Crippen LogP contribution in [0.2, 0.25) is 0 Å². The van der Waals surface area contributed by atoms with Crippen LogP contribution in [0, 0.1) is 0 Å². The van der Waals surface area contributed by atoms with Crippen molar-refractivity contribution in [2.24, 2.45) is 0 Å². The van der Waals surface area contributed by atoms with Crippen molar-refractivity contribution in [2.45, 2.75) is 30.5 Å². The lowest BCUT2D eigenvalue weighted by Gasteiger charge is -2.08. The largest absolute Gasteiger partial charge is 0.497 e. The van der Waals surface area contributed by atoms with Crippen LogP contribution >= 0.6 is 23.1 Å². The number of thioether (sulfide) groups is 1. The molecule has 0 N–H and O–H groups in total. The summed E-state index contributed by atoms with van der Waals surface area (Å²) in [5.74, 6) is 3.69. The van der Waals surface area contributed by atoms with Gasteiger partial charge in [-0.25, -0.2) is 0 Å². The lowest BCUT2D eigenvalue weighted by Crippen LogP contribution is -2.01. The number of thiophene rings is 1. The van der Waals surface area contributed by atoms with E-state index in [0.717, 1.165) is 34.7 Å². The van der Waals surface area contributed by atoms with Gasteiger partial charge in [-0.05, 0) is 55.0 Å². The van der Waals surface area contributed by atoms with Crippen molar-refractivity contribution in [1.82, 2.24) is 14.8 Å². The van der Waals surface area contributed by atoms with Crippen LogP contribution in [0.3, 0.4) is 0 Å². The summed E-state index contributed by atoms with van der Waals surface area (Å²) in [6, 6.07) is 12.4. The standard InChI is InChI=1S/C19H21N3O2S2/c1-23-15-7-9-16(10-8-15)24-11-3-13-26-19-21-20-18(17-4-2-12-25-17)22(19)14-5-6-14/h2,4,7-10,12,14H,3,5-6,11,13H2,1H3. The van der Waals surface area contributed by atoms with Gasteiger partial charge in [0.15, 0.2) is 11.0 Å². The highest BCUT2D eigenvalue weighted by atomic mass is 32.2. The Bertz CT molecular complexity index is 827. The molecule has 2 aromatic heterocycles. The van der Waals surface area contributed by atoms with E-state index in [4.69, 9.17) is 9.47 Å². The Morgan fingerprint density at radius 2 is 1.96 bits per heavy atom. The molecule has 5 nitrogen and oxygen atoms in total. The monoisotopic (exact) mass is 387 g/mol. The molecule has 0 unspecified atom stereocenters. The van der Waals surface area contributed by atoms with Crippen LogP contribution < -0.4 is 9.47 Å². The second kappa shape index (κ2) is 8.14. The van der Waals surface area contributed by atoms with Crippen LogP contribution in [0.15, 0.2) is 46.9 Å². The molecule has 7 heteroatoms. The zero-order valence-electron chi connectivity index (χ0n) is 14.6. The zero-order valence-corrected chi connectivity index (χ0v) is 16.3. The first-order valence-corrected chi connectivity index (χ1v) is 10.6. The Kier molecular flexibility index (Phi) is 5.45. The number of aromatic nitrogens is 3. The summed E-state index contributed by atoms with van der Waals surface area (Å²) in [5.41, 5.74) is 0. The summed E-state index contributed by atoms with van der Waals surface area (Å²) >= 11 is 3.49. The number of ether oxygens (including phenoxy) is 2. The van der Waals surface area contributed by atoms with Crippen LogP contribution in [0.5, 0.6) is 11.5 Å². The third-order valence-corrected chi connectivity index (χ3v) is 6.06. The van der Waals surface area contributed by atoms with Gasteiger partial charge in [-0.2, -0.15) is 0 Å². The number of nitrogens with zero attached hydrogens (tertiary/aromatic N) is 3. The SMILES string of the molecule is COc1ccc(OCCCSc2nnc(-c3cccs3)n2C2CC2)cc1. The second-order valence-electron chi connectivity index (χ2n) is 6.11.